The molecule has 244 valence electrons. The van der Waals surface area contributed by atoms with Crippen molar-refractivity contribution in [2.45, 2.75) is 103 Å². The molecule has 0 radical (unpaired) electrons. The van der Waals surface area contributed by atoms with E-state index >= 15 is 0 Å². The Balaban J connectivity index is 1.71. The van der Waals surface area contributed by atoms with Crippen LogP contribution >= 0.6 is 0 Å². The first-order chi connectivity index (χ1) is 21.2. The number of hydrogen-bond donors (Lipinski definition) is 1. The van der Waals surface area contributed by atoms with Crippen molar-refractivity contribution in [2.24, 2.45) is 23.2 Å². The third kappa shape index (κ3) is 5.23. The zero-order chi connectivity index (χ0) is 32.9. The number of benzene rings is 1. The van der Waals surface area contributed by atoms with E-state index in [-0.39, 0.29) is 17.5 Å². The van der Waals surface area contributed by atoms with E-state index in [2.05, 4.69) is 0 Å². The molecule has 1 spiro atoms. The monoisotopic (exact) mass is 626 g/mol. The van der Waals surface area contributed by atoms with Crippen molar-refractivity contribution in [1.82, 2.24) is 0 Å². The van der Waals surface area contributed by atoms with E-state index in [4.69, 9.17) is 28.1 Å². The Labute approximate surface area is 262 Å². The van der Waals surface area contributed by atoms with Crippen molar-refractivity contribution in [3.63, 3.8) is 0 Å². The number of carbonyl (C=O) groups is 4. The molecule has 2 aromatic rings. The molecule has 1 N–H and O–H groups in total. The lowest BCUT2D eigenvalue weighted by Crippen LogP contribution is -2.78. The molecule has 1 aliphatic heterocycles. The normalized spacial score (nSPS) is 35.4. The molecule has 1 saturated heterocycles. The number of aliphatic hydroxyl groups excluding tert-OH is 1. The van der Waals surface area contributed by atoms with Crippen LogP contribution in [0.3, 0.4) is 0 Å². The van der Waals surface area contributed by atoms with Crippen molar-refractivity contribution in [1.29, 1.82) is 0 Å². The molecule has 3 fully saturated rings. The number of carbonyl (C=O) groups excluding carboxylic acids is 4. The van der Waals surface area contributed by atoms with Crippen LogP contribution in [-0.4, -0.2) is 70.7 Å². The zero-order valence-electron chi connectivity index (χ0n) is 26.7. The third-order valence-electron chi connectivity index (χ3n) is 10.2. The Morgan fingerprint density at radius 1 is 0.956 bits per heavy atom. The van der Waals surface area contributed by atoms with Crippen LogP contribution in [0, 0.1) is 23.2 Å². The van der Waals surface area contributed by atoms with Crippen LogP contribution in [-0.2, 0) is 33.3 Å². The van der Waals surface area contributed by atoms with Crippen LogP contribution in [0.15, 0.2) is 53.3 Å². The molecule has 2 aliphatic carbocycles. The summed E-state index contributed by atoms with van der Waals surface area (Å²) in [5.74, 6) is -4.43. The number of esters is 4. The maximum Gasteiger partial charge on any atom is 0.341 e. The Kier molecular flexibility index (Phi) is 8.65. The smallest absolute Gasteiger partial charge is 0.341 e. The molecule has 11 heteroatoms. The lowest BCUT2D eigenvalue weighted by molar-refractivity contribution is -0.313. The summed E-state index contributed by atoms with van der Waals surface area (Å²) in [6.07, 6.45) is -2.84. The topological polar surface area (TPSA) is 148 Å². The molecule has 1 aromatic heterocycles. The van der Waals surface area contributed by atoms with Gasteiger partial charge in [0.1, 0.15) is 24.1 Å². The third-order valence-corrected chi connectivity index (χ3v) is 10.2. The molecule has 3 aliphatic rings. The van der Waals surface area contributed by atoms with Crippen LogP contribution in [0.25, 0.3) is 0 Å². The summed E-state index contributed by atoms with van der Waals surface area (Å²) in [5, 5.41) is 12.3. The average Bonchev–Trinajstić information content (AvgIpc) is 3.59. The molecule has 2 bridgehead atoms. The van der Waals surface area contributed by atoms with Gasteiger partial charge in [-0.15, -0.1) is 0 Å². The fourth-order valence-corrected chi connectivity index (χ4v) is 7.88. The van der Waals surface area contributed by atoms with Gasteiger partial charge in [-0.2, -0.15) is 0 Å². The van der Waals surface area contributed by atoms with Crippen LogP contribution < -0.4 is 0 Å². The maximum atomic E-state index is 13.8. The molecule has 2 heterocycles. The van der Waals surface area contributed by atoms with Gasteiger partial charge in [0.25, 0.3) is 0 Å². The van der Waals surface area contributed by atoms with Crippen molar-refractivity contribution in [2.75, 3.05) is 0 Å². The van der Waals surface area contributed by atoms with E-state index in [0.717, 1.165) is 0 Å². The molecule has 10 unspecified atom stereocenters. The largest absolute Gasteiger partial charge is 0.472 e. The second kappa shape index (κ2) is 11.9. The van der Waals surface area contributed by atoms with Gasteiger partial charge >= 0.3 is 23.9 Å². The summed E-state index contributed by atoms with van der Waals surface area (Å²) in [4.78, 5) is 53.1. The van der Waals surface area contributed by atoms with E-state index in [0.29, 0.717) is 6.42 Å². The maximum absolute atomic E-state index is 13.8. The molecule has 5 rings (SSSR count). The Morgan fingerprint density at radius 2 is 1.62 bits per heavy atom. The molecule has 45 heavy (non-hydrogen) atoms. The van der Waals surface area contributed by atoms with E-state index < -0.39 is 88.8 Å². The Hall–Kier alpha value is -3.70. The quantitative estimate of drug-likeness (QED) is 0.326. The van der Waals surface area contributed by atoms with Crippen molar-refractivity contribution in [3.05, 3.63) is 60.1 Å². The number of ether oxygens (including phenoxy) is 5. The first-order valence-electron chi connectivity index (χ1n) is 15.4. The van der Waals surface area contributed by atoms with E-state index in [1.54, 1.807) is 58.0 Å². The van der Waals surface area contributed by atoms with Gasteiger partial charge in [0.2, 0.25) is 0 Å². The summed E-state index contributed by atoms with van der Waals surface area (Å²) >= 11 is 0. The predicted octanol–water partition coefficient (Wildman–Crippen LogP) is 4.50. The number of aliphatic hydroxyl groups is 1. The Morgan fingerprint density at radius 3 is 2.22 bits per heavy atom. The second-order valence-electron chi connectivity index (χ2n) is 13.3. The highest BCUT2D eigenvalue weighted by atomic mass is 16.6. The van der Waals surface area contributed by atoms with Gasteiger partial charge in [0.15, 0.2) is 12.2 Å². The molecule has 11 nitrogen and oxygen atoms in total. The number of hydrogen-bond acceptors (Lipinski definition) is 11. The average molecular weight is 627 g/mol. The van der Waals surface area contributed by atoms with Crippen molar-refractivity contribution in [3.8, 4) is 0 Å². The number of furan rings is 1. The molecule has 10 atom stereocenters. The lowest BCUT2D eigenvalue weighted by atomic mass is 9.47. The van der Waals surface area contributed by atoms with Gasteiger partial charge in [-0.1, -0.05) is 39.0 Å². The fraction of sp³-hybridized carbons (Fsp3) is 0.588. The van der Waals surface area contributed by atoms with Gasteiger partial charge in [0.05, 0.1) is 46.3 Å². The summed E-state index contributed by atoms with van der Waals surface area (Å²) < 4.78 is 36.4. The highest BCUT2D eigenvalue weighted by Crippen LogP contribution is 2.67. The van der Waals surface area contributed by atoms with Crippen LogP contribution in [0.2, 0.25) is 0 Å². The van der Waals surface area contributed by atoms with Gasteiger partial charge in [-0.25, -0.2) is 9.59 Å². The fourth-order valence-electron chi connectivity index (χ4n) is 7.88. The minimum absolute atomic E-state index is 0.116. The standard InChI is InChI=1S/C34H42O11/c1-8-18(2)29(37)42-23-16-19(3)34-26(36)24(32(5,6)45-34)25(43-31(39)22-14-15-40-17-22)28(33(34,7)27(23)41-20(4)35)44-30(38)21-12-10-9-11-13-21/h9-15,17-19,23-28,36H,8,16H2,1-7H3. The van der Waals surface area contributed by atoms with Crippen LogP contribution in [0.4, 0.5) is 0 Å². The van der Waals surface area contributed by atoms with Gasteiger partial charge in [0, 0.05) is 6.92 Å². The number of rotatable bonds is 8. The molecule has 2 saturated carbocycles. The van der Waals surface area contributed by atoms with E-state index in [9.17, 15) is 24.3 Å². The molecular weight excluding hydrogens is 584 g/mol. The summed E-state index contributed by atoms with van der Waals surface area (Å²) in [6, 6.07) is 9.74. The second-order valence-corrected chi connectivity index (χ2v) is 13.3. The SMILES string of the molecule is CCC(C)C(=O)OC1CC(C)C23OC(C)(C)C(C(OC(=O)c4ccoc4)C(OC(=O)c4ccccc4)C2(C)C1OC(C)=O)C3O. The van der Waals surface area contributed by atoms with Gasteiger partial charge in [-0.3, -0.25) is 9.59 Å². The van der Waals surface area contributed by atoms with Crippen molar-refractivity contribution >= 4 is 23.9 Å². The molecular formula is C34H42O11. The minimum atomic E-state index is -1.59. The zero-order valence-corrected chi connectivity index (χ0v) is 26.7. The van der Waals surface area contributed by atoms with Crippen LogP contribution in [0.1, 0.15) is 82.0 Å². The van der Waals surface area contributed by atoms with E-state index in [1.165, 1.54) is 25.5 Å². The Bertz CT molecular complexity index is 1420. The minimum Gasteiger partial charge on any atom is -0.472 e. The highest BCUT2D eigenvalue weighted by molar-refractivity contribution is 5.90. The summed E-state index contributed by atoms with van der Waals surface area (Å²) in [5.41, 5.74) is -3.82. The predicted molar refractivity (Wildman–Crippen MR) is 158 cm³/mol. The number of fused-ring (bicyclic) bond motifs is 1. The van der Waals surface area contributed by atoms with Gasteiger partial charge < -0.3 is 33.2 Å². The lowest BCUT2D eigenvalue weighted by Gasteiger charge is -2.63. The van der Waals surface area contributed by atoms with E-state index in [1.807, 2.05) is 13.8 Å². The van der Waals surface area contributed by atoms with Gasteiger partial charge in [-0.05, 0) is 57.7 Å². The van der Waals surface area contributed by atoms with Crippen LogP contribution in [0.5, 0.6) is 0 Å². The first-order valence-corrected chi connectivity index (χ1v) is 15.4. The summed E-state index contributed by atoms with van der Waals surface area (Å²) in [6.45, 7) is 11.9. The molecule has 0 amide bonds. The van der Waals surface area contributed by atoms with Crippen molar-refractivity contribution < 1.29 is 52.4 Å². The molecule has 1 aromatic carbocycles. The first kappa shape index (κ1) is 32.7. The summed E-state index contributed by atoms with van der Waals surface area (Å²) in [7, 11) is 0. The highest BCUT2D eigenvalue weighted by Gasteiger charge is 2.82.